The summed E-state index contributed by atoms with van der Waals surface area (Å²) in [6.45, 7) is 6.88. The highest BCUT2D eigenvalue weighted by Crippen LogP contribution is 2.25. The zero-order chi connectivity index (χ0) is 10.7. The molecule has 0 aromatic rings. The Morgan fingerprint density at radius 2 is 2.40 bits per heavy atom. The molecule has 0 radical (unpaired) electrons. The van der Waals surface area contributed by atoms with Gasteiger partial charge in [0.25, 0.3) is 0 Å². The van der Waals surface area contributed by atoms with Crippen LogP contribution in [0.25, 0.3) is 0 Å². The number of nitrogens with zero attached hydrogens (tertiary/aromatic N) is 1. The number of hydrogen-bond donors (Lipinski definition) is 2. The summed E-state index contributed by atoms with van der Waals surface area (Å²) < 4.78 is 0. The highest BCUT2D eigenvalue weighted by molar-refractivity contribution is 5.72. The molecule has 2 N–H and O–H groups in total. The van der Waals surface area contributed by atoms with Crippen molar-refractivity contribution >= 4 is 5.91 Å². The van der Waals surface area contributed by atoms with Gasteiger partial charge < -0.3 is 10.6 Å². The molecule has 0 aliphatic carbocycles. The topological polar surface area (TPSA) is 44.4 Å². The first-order valence-electron chi connectivity index (χ1n) is 5.96. The van der Waals surface area contributed by atoms with Crippen molar-refractivity contribution in [2.45, 2.75) is 25.8 Å². The fourth-order valence-electron chi connectivity index (χ4n) is 2.82. The van der Waals surface area contributed by atoms with Crippen LogP contribution in [-0.2, 0) is 4.79 Å². The Kier molecular flexibility index (Phi) is 3.59. The lowest BCUT2D eigenvalue weighted by Crippen LogP contribution is -2.47. The minimum absolute atomic E-state index is 0.0770. The quantitative estimate of drug-likeness (QED) is 0.680. The molecule has 86 valence electrons. The van der Waals surface area contributed by atoms with Crippen molar-refractivity contribution < 1.29 is 4.79 Å². The predicted octanol–water partition coefficient (Wildman–Crippen LogP) is -0.194. The lowest BCUT2D eigenvalue weighted by Gasteiger charge is -2.36. The number of carbonyl (C=O) groups is 1. The van der Waals surface area contributed by atoms with E-state index in [1.807, 2.05) is 0 Å². The molecule has 2 heterocycles. The van der Waals surface area contributed by atoms with E-state index in [0.717, 1.165) is 25.6 Å². The first-order valence-corrected chi connectivity index (χ1v) is 5.96. The van der Waals surface area contributed by atoms with Crippen LogP contribution in [0.5, 0.6) is 0 Å². The molecule has 2 aliphatic heterocycles. The van der Waals surface area contributed by atoms with E-state index in [0.29, 0.717) is 6.04 Å². The standard InChI is InChI=1S/C11H21N3O/c1-9(15)13-4-6-14-5-2-3-10-7-12-8-11(10)14/h10-12H,2-8H2,1H3,(H,13,15). The average Bonchev–Trinajstić information content (AvgIpc) is 2.65. The van der Waals surface area contributed by atoms with Crippen LogP contribution in [0.1, 0.15) is 19.8 Å². The van der Waals surface area contributed by atoms with Gasteiger partial charge in [0.1, 0.15) is 0 Å². The molecule has 2 rings (SSSR count). The molecule has 0 bridgehead atoms. The summed E-state index contributed by atoms with van der Waals surface area (Å²) in [5, 5.41) is 6.34. The SMILES string of the molecule is CC(=O)NCCN1CCCC2CNCC21. The third-order valence-corrected chi connectivity index (χ3v) is 3.57. The third-order valence-electron chi connectivity index (χ3n) is 3.57. The van der Waals surface area contributed by atoms with Crippen LogP contribution >= 0.6 is 0 Å². The molecule has 15 heavy (non-hydrogen) atoms. The van der Waals surface area contributed by atoms with Crippen molar-refractivity contribution in [1.29, 1.82) is 0 Å². The lowest BCUT2D eigenvalue weighted by molar-refractivity contribution is -0.119. The number of fused-ring (bicyclic) bond motifs is 1. The molecule has 4 nitrogen and oxygen atoms in total. The highest BCUT2D eigenvalue weighted by Gasteiger charge is 2.34. The van der Waals surface area contributed by atoms with E-state index in [4.69, 9.17) is 0 Å². The van der Waals surface area contributed by atoms with Crippen molar-refractivity contribution in [3.8, 4) is 0 Å². The number of nitrogens with one attached hydrogen (secondary N) is 2. The first kappa shape index (κ1) is 10.9. The van der Waals surface area contributed by atoms with E-state index in [1.165, 1.54) is 25.9 Å². The largest absolute Gasteiger partial charge is 0.355 e. The van der Waals surface area contributed by atoms with Crippen molar-refractivity contribution in [3.63, 3.8) is 0 Å². The van der Waals surface area contributed by atoms with Crippen LogP contribution < -0.4 is 10.6 Å². The van der Waals surface area contributed by atoms with Gasteiger partial charge in [-0.3, -0.25) is 9.69 Å². The number of amides is 1. The van der Waals surface area contributed by atoms with Gasteiger partial charge in [0, 0.05) is 32.6 Å². The molecule has 4 heteroatoms. The maximum absolute atomic E-state index is 10.8. The summed E-state index contributed by atoms with van der Waals surface area (Å²) in [4.78, 5) is 13.3. The smallest absolute Gasteiger partial charge is 0.216 e. The zero-order valence-electron chi connectivity index (χ0n) is 9.46. The third kappa shape index (κ3) is 2.69. The maximum atomic E-state index is 10.8. The van der Waals surface area contributed by atoms with E-state index in [1.54, 1.807) is 6.92 Å². The van der Waals surface area contributed by atoms with Crippen molar-refractivity contribution in [2.75, 3.05) is 32.7 Å². The van der Waals surface area contributed by atoms with Gasteiger partial charge >= 0.3 is 0 Å². The minimum atomic E-state index is 0.0770. The van der Waals surface area contributed by atoms with E-state index < -0.39 is 0 Å². The van der Waals surface area contributed by atoms with Gasteiger partial charge in [0.2, 0.25) is 5.91 Å². The first-order chi connectivity index (χ1) is 7.27. The fourth-order valence-corrected chi connectivity index (χ4v) is 2.82. The summed E-state index contributed by atoms with van der Waals surface area (Å²) in [5.41, 5.74) is 0. The van der Waals surface area contributed by atoms with Crippen LogP contribution in [-0.4, -0.2) is 49.6 Å². The Morgan fingerprint density at radius 1 is 1.53 bits per heavy atom. The molecule has 2 unspecified atom stereocenters. The van der Waals surface area contributed by atoms with E-state index in [9.17, 15) is 4.79 Å². The number of likely N-dealkylation sites (tertiary alicyclic amines) is 1. The summed E-state index contributed by atoms with van der Waals surface area (Å²) in [6, 6.07) is 0.715. The Hall–Kier alpha value is -0.610. The minimum Gasteiger partial charge on any atom is -0.355 e. The van der Waals surface area contributed by atoms with Crippen LogP contribution in [0.4, 0.5) is 0 Å². The molecule has 2 atom stereocenters. The van der Waals surface area contributed by atoms with E-state index in [-0.39, 0.29) is 5.91 Å². The second kappa shape index (κ2) is 4.94. The van der Waals surface area contributed by atoms with Gasteiger partial charge in [-0.05, 0) is 31.8 Å². The Labute approximate surface area is 91.4 Å². The van der Waals surface area contributed by atoms with Crippen molar-refractivity contribution in [3.05, 3.63) is 0 Å². The van der Waals surface area contributed by atoms with E-state index >= 15 is 0 Å². The number of hydrogen-bond acceptors (Lipinski definition) is 3. The van der Waals surface area contributed by atoms with Crippen molar-refractivity contribution in [1.82, 2.24) is 15.5 Å². The average molecular weight is 211 g/mol. The molecular formula is C11H21N3O. The molecule has 2 fully saturated rings. The highest BCUT2D eigenvalue weighted by atomic mass is 16.1. The van der Waals surface area contributed by atoms with Gasteiger partial charge in [-0.2, -0.15) is 0 Å². The molecule has 2 aliphatic rings. The summed E-state index contributed by atoms with van der Waals surface area (Å²) in [5.74, 6) is 0.921. The van der Waals surface area contributed by atoms with Crippen LogP contribution in [0.3, 0.4) is 0 Å². The maximum Gasteiger partial charge on any atom is 0.216 e. The Bertz CT molecular complexity index is 232. The van der Waals surface area contributed by atoms with Gasteiger partial charge in [-0.15, -0.1) is 0 Å². The second-order valence-corrected chi connectivity index (χ2v) is 4.65. The molecule has 0 aromatic carbocycles. The van der Waals surface area contributed by atoms with E-state index in [2.05, 4.69) is 15.5 Å². The monoisotopic (exact) mass is 211 g/mol. The second-order valence-electron chi connectivity index (χ2n) is 4.65. The molecule has 1 amide bonds. The van der Waals surface area contributed by atoms with Gasteiger partial charge in [0.05, 0.1) is 0 Å². The van der Waals surface area contributed by atoms with Crippen LogP contribution in [0.15, 0.2) is 0 Å². The summed E-state index contributed by atoms with van der Waals surface area (Å²) >= 11 is 0. The lowest BCUT2D eigenvalue weighted by atomic mass is 9.92. The number of carbonyl (C=O) groups excluding carboxylic acids is 1. The molecule has 0 spiro atoms. The number of piperidine rings is 1. The zero-order valence-corrected chi connectivity index (χ0v) is 9.46. The Balaban J connectivity index is 1.77. The summed E-state index contributed by atoms with van der Waals surface area (Å²) in [6.07, 6.45) is 2.68. The van der Waals surface area contributed by atoms with Crippen molar-refractivity contribution in [2.24, 2.45) is 5.92 Å². The summed E-state index contributed by atoms with van der Waals surface area (Å²) in [7, 11) is 0. The van der Waals surface area contributed by atoms with Gasteiger partial charge in [0.15, 0.2) is 0 Å². The van der Waals surface area contributed by atoms with Gasteiger partial charge in [-0.1, -0.05) is 0 Å². The predicted molar refractivity (Wildman–Crippen MR) is 59.6 cm³/mol. The molecular weight excluding hydrogens is 190 g/mol. The number of rotatable bonds is 3. The Morgan fingerprint density at radius 3 is 3.20 bits per heavy atom. The van der Waals surface area contributed by atoms with Crippen LogP contribution in [0, 0.1) is 5.92 Å². The fraction of sp³-hybridized carbons (Fsp3) is 0.909. The van der Waals surface area contributed by atoms with Gasteiger partial charge in [-0.25, -0.2) is 0 Å². The molecule has 0 saturated carbocycles. The molecule has 2 saturated heterocycles. The van der Waals surface area contributed by atoms with Crippen LogP contribution in [0.2, 0.25) is 0 Å². The molecule has 0 aromatic heterocycles. The normalized spacial score (nSPS) is 31.3.